The summed E-state index contributed by atoms with van der Waals surface area (Å²) in [5.41, 5.74) is 1.46. The molecule has 0 saturated heterocycles. The van der Waals surface area contributed by atoms with Crippen LogP contribution in [0.25, 0.3) is 0 Å². The highest BCUT2D eigenvalue weighted by atomic mass is 35.5. The number of nitrogens with one attached hydrogen (secondary N) is 1. The van der Waals surface area contributed by atoms with Gasteiger partial charge in [-0.3, -0.25) is 4.79 Å². The number of benzene rings is 1. The summed E-state index contributed by atoms with van der Waals surface area (Å²) in [5, 5.41) is 12.6. The van der Waals surface area contributed by atoms with Crippen LogP contribution < -0.4 is 10.2 Å². The molecule has 0 radical (unpaired) electrons. The van der Waals surface area contributed by atoms with E-state index in [4.69, 9.17) is 11.6 Å². The Morgan fingerprint density at radius 3 is 2.72 bits per heavy atom. The minimum absolute atomic E-state index is 0.0387. The van der Waals surface area contributed by atoms with E-state index in [0.717, 1.165) is 5.69 Å². The summed E-state index contributed by atoms with van der Waals surface area (Å²) in [6.45, 7) is 5.25. The minimum atomic E-state index is -0.138. The smallest absolute Gasteiger partial charge is 0.239 e. The Hall–Kier alpha value is -1.26. The molecule has 5 heteroatoms. The summed E-state index contributed by atoms with van der Waals surface area (Å²) in [5.74, 6) is -0.0387. The van der Waals surface area contributed by atoms with Gasteiger partial charge in [0.1, 0.15) is 0 Å². The van der Waals surface area contributed by atoms with Crippen molar-refractivity contribution in [3.8, 4) is 0 Å². The van der Waals surface area contributed by atoms with Crippen molar-refractivity contribution >= 4 is 23.2 Å². The number of rotatable bonds is 6. The molecular weight excluding hydrogens is 252 g/mol. The zero-order valence-electron chi connectivity index (χ0n) is 10.7. The molecule has 0 aliphatic heterocycles. The van der Waals surface area contributed by atoms with E-state index in [-0.39, 0.29) is 19.1 Å². The highest BCUT2D eigenvalue weighted by Crippen LogP contribution is 2.27. The quantitative estimate of drug-likeness (QED) is 0.829. The van der Waals surface area contributed by atoms with E-state index in [2.05, 4.69) is 5.32 Å². The maximum atomic E-state index is 11.6. The average molecular weight is 271 g/mol. The van der Waals surface area contributed by atoms with Crippen LogP contribution in [0.1, 0.15) is 19.4 Å². The SMILES string of the molecule is CCNC(=O)CN(CC)c1cccc(Cl)c1CO. The van der Waals surface area contributed by atoms with Crippen molar-refractivity contribution in [2.24, 2.45) is 0 Å². The number of hydrogen-bond donors (Lipinski definition) is 2. The van der Waals surface area contributed by atoms with Crippen LogP contribution in [0, 0.1) is 0 Å². The average Bonchev–Trinajstić information content (AvgIpc) is 2.36. The lowest BCUT2D eigenvalue weighted by molar-refractivity contribution is -0.119. The predicted molar refractivity (Wildman–Crippen MR) is 73.9 cm³/mol. The van der Waals surface area contributed by atoms with E-state index in [1.165, 1.54) is 0 Å². The van der Waals surface area contributed by atoms with Crippen LogP contribution in [0.3, 0.4) is 0 Å². The maximum absolute atomic E-state index is 11.6. The number of carbonyl (C=O) groups excluding carboxylic acids is 1. The van der Waals surface area contributed by atoms with Gasteiger partial charge in [-0.1, -0.05) is 17.7 Å². The van der Waals surface area contributed by atoms with Gasteiger partial charge in [-0.25, -0.2) is 0 Å². The number of carbonyl (C=O) groups is 1. The monoisotopic (exact) mass is 270 g/mol. The Bertz CT molecular complexity index is 410. The third-order valence-corrected chi connectivity index (χ3v) is 3.04. The molecule has 0 aliphatic carbocycles. The molecule has 100 valence electrons. The minimum Gasteiger partial charge on any atom is -0.392 e. The summed E-state index contributed by atoms with van der Waals surface area (Å²) in [4.78, 5) is 13.5. The van der Waals surface area contributed by atoms with Crippen molar-refractivity contribution in [1.82, 2.24) is 5.32 Å². The largest absolute Gasteiger partial charge is 0.392 e. The van der Waals surface area contributed by atoms with E-state index in [1.807, 2.05) is 30.9 Å². The molecule has 0 aromatic heterocycles. The van der Waals surface area contributed by atoms with Crippen molar-refractivity contribution in [2.75, 3.05) is 24.5 Å². The third-order valence-electron chi connectivity index (χ3n) is 2.68. The van der Waals surface area contributed by atoms with Gasteiger partial charge in [0, 0.05) is 29.4 Å². The molecule has 1 aromatic carbocycles. The third kappa shape index (κ3) is 3.62. The molecule has 0 unspecified atom stereocenters. The fourth-order valence-corrected chi connectivity index (χ4v) is 2.02. The Kier molecular flexibility index (Phi) is 5.95. The molecule has 18 heavy (non-hydrogen) atoms. The van der Waals surface area contributed by atoms with E-state index < -0.39 is 0 Å². The molecule has 0 aliphatic rings. The highest BCUT2D eigenvalue weighted by molar-refractivity contribution is 6.31. The highest BCUT2D eigenvalue weighted by Gasteiger charge is 2.14. The molecular formula is C13H19ClN2O2. The van der Waals surface area contributed by atoms with Crippen LogP contribution in [-0.2, 0) is 11.4 Å². The Morgan fingerprint density at radius 1 is 1.44 bits per heavy atom. The fourth-order valence-electron chi connectivity index (χ4n) is 1.79. The number of nitrogens with zero attached hydrogens (tertiary/aromatic N) is 1. The van der Waals surface area contributed by atoms with Gasteiger partial charge in [0.05, 0.1) is 13.2 Å². The van der Waals surface area contributed by atoms with E-state index in [9.17, 15) is 9.90 Å². The van der Waals surface area contributed by atoms with E-state index in [0.29, 0.717) is 23.7 Å². The van der Waals surface area contributed by atoms with Crippen LogP contribution in [-0.4, -0.2) is 30.6 Å². The first-order chi connectivity index (χ1) is 8.63. The van der Waals surface area contributed by atoms with Crippen LogP contribution >= 0.6 is 11.6 Å². The summed E-state index contributed by atoms with van der Waals surface area (Å²) in [7, 11) is 0. The second-order valence-corrected chi connectivity index (χ2v) is 4.27. The topological polar surface area (TPSA) is 52.6 Å². The first kappa shape index (κ1) is 14.8. The molecule has 0 fully saturated rings. The van der Waals surface area contributed by atoms with Crippen molar-refractivity contribution < 1.29 is 9.90 Å². The van der Waals surface area contributed by atoms with Crippen molar-refractivity contribution in [1.29, 1.82) is 0 Å². The number of amides is 1. The van der Waals surface area contributed by atoms with Gasteiger partial charge >= 0.3 is 0 Å². The summed E-state index contributed by atoms with van der Waals surface area (Å²) in [6.07, 6.45) is 0. The molecule has 1 rings (SSSR count). The fraction of sp³-hybridized carbons (Fsp3) is 0.462. The molecule has 0 heterocycles. The van der Waals surface area contributed by atoms with Gasteiger partial charge in [-0.2, -0.15) is 0 Å². The van der Waals surface area contributed by atoms with Crippen molar-refractivity contribution in [2.45, 2.75) is 20.5 Å². The van der Waals surface area contributed by atoms with Crippen molar-refractivity contribution in [3.63, 3.8) is 0 Å². The molecule has 4 nitrogen and oxygen atoms in total. The second kappa shape index (κ2) is 7.24. The lowest BCUT2D eigenvalue weighted by Crippen LogP contribution is -2.37. The first-order valence-corrected chi connectivity index (χ1v) is 6.41. The molecule has 0 bridgehead atoms. The molecule has 2 N–H and O–H groups in total. The number of aliphatic hydroxyl groups excluding tert-OH is 1. The Labute approximate surface area is 113 Å². The lowest BCUT2D eigenvalue weighted by Gasteiger charge is -2.25. The summed E-state index contributed by atoms with van der Waals surface area (Å²) < 4.78 is 0. The summed E-state index contributed by atoms with van der Waals surface area (Å²) in [6, 6.07) is 5.41. The zero-order chi connectivity index (χ0) is 13.5. The van der Waals surface area contributed by atoms with Gasteiger partial charge in [0.15, 0.2) is 0 Å². The zero-order valence-corrected chi connectivity index (χ0v) is 11.5. The predicted octanol–water partition coefficient (Wildman–Crippen LogP) is 1.79. The Morgan fingerprint density at radius 2 is 2.17 bits per heavy atom. The van der Waals surface area contributed by atoms with E-state index >= 15 is 0 Å². The molecule has 0 atom stereocenters. The molecule has 0 saturated carbocycles. The first-order valence-electron chi connectivity index (χ1n) is 6.03. The van der Waals surface area contributed by atoms with Gasteiger partial charge in [0.25, 0.3) is 0 Å². The second-order valence-electron chi connectivity index (χ2n) is 3.86. The van der Waals surface area contributed by atoms with Crippen LogP contribution in [0.2, 0.25) is 5.02 Å². The van der Waals surface area contributed by atoms with Gasteiger partial charge in [-0.15, -0.1) is 0 Å². The number of aliphatic hydroxyl groups is 1. The number of halogens is 1. The number of anilines is 1. The normalized spacial score (nSPS) is 10.2. The van der Waals surface area contributed by atoms with E-state index in [1.54, 1.807) is 6.07 Å². The molecule has 1 aromatic rings. The van der Waals surface area contributed by atoms with Gasteiger partial charge in [0.2, 0.25) is 5.91 Å². The number of hydrogen-bond acceptors (Lipinski definition) is 3. The van der Waals surface area contributed by atoms with Crippen LogP contribution in [0.5, 0.6) is 0 Å². The van der Waals surface area contributed by atoms with Gasteiger partial charge < -0.3 is 15.3 Å². The van der Waals surface area contributed by atoms with Gasteiger partial charge in [-0.05, 0) is 26.0 Å². The molecule has 0 spiro atoms. The van der Waals surface area contributed by atoms with Crippen LogP contribution in [0.15, 0.2) is 18.2 Å². The molecule has 1 amide bonds. The maximum Gasteiger partial charge on any atom is 0.239 e. The number of likely N-dealkylation sites (N-methyl/N-ethyl adjacent to an activating group) is 2. The van der Waals surface area contributed by atoms with Crippen LogP contribution in [0.4, 0.5) is 5.69 Å². The Balaban J connectivity index is 2.94. The lowest BCUT2D eigenvalue weighted by atomic mass is 10.1. The standard InChI is InChI=1S/C13H19ClN2O2/c1-3-15-13(18)8-16(4-2)12-7-5-6-11(14)10(12)9-17/h5-7,17H,3-4,8-9H2,1-2H3,(H,15,18). The van der Waals surface area contributed by atoms with Crippen molar-refractivity contribution in [3.05, 3.63) is 28.8 Å². The summed E-state index contributed by atoms with van der Waals surface area (Å²) >= 11 is 6.04.